The van der Waals surface area contributed by atoms with Gasteiger partial charge in [-0.25, -0.2) is 4.98 Å². The van der Waals surface area contributed by atoms with Gasteiger partial charge in [-0.05, 0) is 19.2 Å². The standard InChI is InChI=1S/C9H16N4S/c1-3-10-9-12-5-4-8(13-9)11-6-7-14-2/h4-5H,3,6-7H2,1-2H3,(H2,10,11,12,13). The van der Waals surface area contributed by atoms with Gasteiger partial charge in [0.1, 0.15) is 5.82 Å². The molecule has 1 aromatic rings. The number of nitrogens with one attached hydrogen (secondary N) is 2. The summed E-state index contributed by atoms with van der Waals surface area (Å²) in [6.07, 6.45) is 3.85. The lowest BCUT2D eigenvalue weighted by molar-refractivity contribution is 1.07. The second kappa shape index (κ2) is 6.48. The Balaban J connectivity index is 2.46. The normalized spacial score (nSPS) is 9.86. The Morgan fingerprint density at radius 3 is 3.00 bits per heavy atom. The summed E-state index contributed by atoms with van der Waals surface area (Å²) in [7, 11) is 0. The van der Waals surface area contributed by atoms with Crippen molar-refractivity contribution in [2.24, 2.45) is 0 Å². The predicted molar refractivity (Wildman–Crippen MR) is 63.1 cm³/mol. The van der Waals surface area contributed by atoms with E-state index in [1.54, 1.807) is 6.20 Å². The fourth-order valence-electron chi connectivity index (χ4n) is 0.982. The second-order valence-electron chi connectivity index (χ2n) is 2.72. The zero-order chi connectivity index (χ0) is 10.2. The Labute approximate surface area is 88.9 Å². The SMILES string of the molecule is CCNc1nccc(NCCSC)n1. The third-order valence-corrected chi connectivity index (χ3v) is 2.22. The molecule has 4 nitrogen and oxygen atoms in total. The number of hydrogen-bond acceptors (Lipinski definition) is 5. The maximum Gasteiger partial charge on any atom is 0.224 e. The highest BCUT2D eigenvalue weighted by Crippen LogP contribution is 2.05. The third-order valence-electron chi connectivity index (χ3n) is 1.60. The first-order valence-electron chi connectivity index (χ1n) is 4.66. The van der Waals surface area contributed by atoms with Crippen molar-refractivity contribution < 1.29 is 0 Å². The highest BCUT2D eigenvalue weighted by atomic mass is 32.2. The first-order chi connectivity index (χ1) is 6.86. The molecule has 5 heteroatoms. The number of anilines is 2. The summed E-state index contributed by atoms with van der Waals surface area (Å²) in [4.78, 5) is 8.38. The van der Waals surface area contributed by atoms with Gasteiger partial charge in [0.25, 0.3) is 0 Å². The summed E-state index contributed by atoms with van der Waals surface area (Å²) in [5.41, 5.74) is 0. The topological polar surface area (TPSA) is 49.8 Å². The van der Waals surface area contributed by atoms with Crippen LogP contribution in [-0.4, -0.2) is 35.1 Å². The Morgan fingerprint density at radius 2 is 2.29 bits per heavy atom. The highest BCUT2D eigenvalue weighted by molar-refractivity contribution is 7.98. The van der Waals surface area contributed by atoms with Gasteiger partial charge >= 0.3 is 0 Å². The van der Waals surface area contributed by atoms with Crippen molar-refractivity contribution in [1.82, 2.24) is 9.97 Å². The molecule has 0 bridgehead atoms. The van der Waals surface area contributed by atoms with Crippen LogP contribution < -0.4 is 10.6 Å². The van der Waals surface area contributed by atoms with E-state index in [2.05, 4.69) is 26.9 Å². The van der Waals surface area contributed by atoms with Crippen molar-refractivity contribution in [3.63, 3.8) is 0 Å². The van der Waals surface area contributed by atoms with Crippen LogP contribution in [0.15, 0.2) is 12.3 Å². The van der Waals surface area contributed by atoms with Gasteiger partial charge in [-0.1, -0.05) is 0 Å². The van der Waals surface area contributed by atoms with E-state index in [-0.39, 0.29) is 0 Å². The fraction of sp³-hybridized carbons (Fsp3) is 0.556. The maximum absolute atomic E-state index is 4.29. The van der Waals surface area contributed by atoms with Crippen LogP contribution in [0.5, 0.6) is 0 Å². The molecule has 1 aromatic heterocycles. The minimum atomic E-state index is 0.682. The Morgan fingerprint density at radius 1 is 1.43 bits per heavy atom. The molecule has 1 heterocycles. The van der Waals surface area contributed by atoms with Crippen molar-refractivity contribution >= 4 is 23.5 Å². The molecule has 0 amide bonds. The summed E-state index contributed by atoms with van der Waals surface area (Å²) in [6.45, 7) is 3.80. The van der Waals surface area contributed by atoms with E-state index in [0.717, 1.165) is 24.7 Å². The molecule has 0 spiro atoms. The summed E-state index contributed by atoms with van der Waals surface area (Å²) < 4.78 is 0. The van der Waals surface area contributed by atoms with Crippen LogP contribution in [0.25, 0.3) is 0 Å². The zero-order valence-electron chi connectivity index (χ0n) is 8.58. The highest BCUT2D eigenvalue weighted by Gasteiger charge is 1.96. The number of rotatable bonds is 6. The van der Waals surface area contributed by atoms with Crippen LogP contribution in [0, 0.1) is 0 Å². The number of aromatic nitrogens is 2. The lowest BCUT2D eigenvalue weighted by atomic mass is 10.5. The zero-order valence-corrected chi connectivity index (χ0v) is 9.40. The van der Waals surface area contributed by atoms with Crippen molar-refractivity contribution in [3.8, 4) is 0 Å². The molecule has 0 aromatic carbocycles. The molecular weight excluding hydrogens is 196 g/mol. The maximum atomic E-state index is 4.29. The minimum absolute atomic E-state index is 0.682. The van der Waals surface area contributed by atoms with Crippen LogP contribution in [0.4, 0.5) is 11.8 Å². The van der Waals surface area contributed by atoms with E-state index < -0.39 is 0 Å². The summed E-state index contributed by atoms with van der Waals surface area (Å²) in [6, 6.07) is 1.88. The molecule has 0 saturated heterocycles. The van der Waals surface area contributed by atoms with E-state index in [9.17, 15) is 0 Å². The van der Waals surface area contributed by atoms with Crippen molar-refractivity contribution in [3.05, 3.63) is 12.3 Å². The number of thioether (sulfide) groups is 1. The summed E-state index contributed by atoms with van der Waals surface area (Å²) in [5, 5.41) is 6.30. The Bertz CT molecular complexity index is 267. The van der Waals surface area contributed by atoms with Gasteiger partial charge in [0.05, 0.1) is 0 Å². The lowest BCUT2D eigenvalue weighted by Gasteiger charge is -2.06. The van der Waals surface area contributed by atoms with E-state index in [4.69, 9.17) is 0 Å². The van der Waals surface area contributed by atoms with Gasteiger partial charge in [-0.2, -0.15) is 16.7 Å². The smallest absolute Gasteiger partial charge is 0.224 e. The molecule has 0 saturated carbocycles. The number of hydrogen-bond donors (Lipinski definition) is 2. The van der Waals surface area contributed by atoms with E-state index in [1.165, 1.54) is 0 Å². The van der Waals surface area contributed by atoms with Gasteiger partial charge in [-0.15, -0.1) is 0 Å². The predicted octanol–water partition coefficient (Wildman–Crippen LogP) is 1.68. The van der Waals surface area contributed by atoms with Crippen LogP contribution in [0.2, 0.25) is 0 Å². The molecule has 0 fully saturated rings. The molecule has 0 aliphatic rings. The molecule has 0 radical (unpaired) electrons. The summed E-state index contributed by atoms with van der Waals surface area (Å²) in [5.74, 6) is 2.65. The van der Waals surface area contributed by atoms with Crippen molar-refractivity contribution in [2.45, 2.75) is 6.92 Å². The number of nitrogens with zero attached hydrogens (tertiary/aromatic N) is 2. The van der Waals surface area contributed by atoms with Gasteiger partial charge in [0.2, 0.25) is 5.95 Å². The largest absolute Gasteiger partial charge is 0.369 e. The molecule has 0 unspecified atom stereocenters. The van der Waals surface area contributed by atoms with Crippen molar-refractivity contribution in [1.29, 1.82) is 0 Å². The Hall–Kier alpha value is -0.970. The third kappa shape index (κ3) is 3.83. The van der Waals surface area contributed by atoms with E-state index in [1.807, 2.05) is 24.8 Å². The lowest BCUT2D eigenvalue weighted by Crippen LogP contribution is -2.08. The van der Waals surface area contributed by atoms with Gasteiger partial charge < -0.3 is 10.6 Å². The molecule has 0 aliphatic carbocycles. The van der Waals surface area contributed by atoms with Crippen molar-refractivity contribution in [2.75, 3.05) is 35.7 Å². The first kappa shape index (κ1) is 11.1. The average Bonchev–Trinajstić information content (AvgIpc) is 2.19. The van der Waals surface area contributed by atoms with E-state index in [0.29, 0.717) is 5.95 Å². The van der Waals surface area contributed by atoms with Gasteiger partial charge in [0, 0.05) is 25.0 Å². The van der Waals surface area contributed by atoms with Crippen LogP contribution in [0.1, 0.15) is 6.92 Å². The molecule has 0 atom stereocenters. The van der Waals surface area contributed by atoms with E-state index >= 15 is 0 Å². The minimum Gasteiger partial charge on any atom is -0.369 e. The molecular formula is C9H16N4S. The first-order valence-corrected chi connectivity index (χ1v) is 6.06. The second-order valence-corrected chi connectivity index (χ2v) is 3.70. The molecule has 14 heavy (non-hydrogen) atoms. The summed E-state index contributed by atoms with van der Waals surface area (Å²) >= 11 is 1.81. The monoisotopic (exact) mass is 212 g/mol. The molecule has 1 rings (SSSR count). The Kier molecular flexibility index (Phi) is 5.14. The quantitative estimate of drug-likeness (QED) is 0.703. The van der Waals surface area contributed by atoms with Gasteiger partial charge in [0.15, 0.2) is 0 Å². The molecule has 2 N–H and O–H groups in total. The van der Waals surface area contributed by atoms with Crippen LogP contribution in [0.3, 0.4) is 0 Å². The van der Waals surface area contributed by atoms with Crippen LogP contribution >= 0.6 is 11.8 Å². The van der Waals surface area contributed by atoms with Crippen LogP contribution in [-0.2, 0) is 0 Å². The average molecular weight is 212 g/mol. The fourth-order valence-corrected chi connectivity index (χ4v) is 1.29. The molecule has 78 valence electrons. The van der Waals surface area contributed by atoms with Gasteiger partial charge in [-0.3, -0.25) is 0 Å². The molecule has 0 aliphatic heterocycles.